The Balaban J connectivity index is 2.05. The topological polar surface area (TPSA) is 56.9 Å². The predicted octanol–water partition coefficient (Wildman–Crippen LogP) is 0.991. The van der Waals surface area contributed by atoms with Gasteiger partial charge in [0.25, 0.3) is 0 Å². The first-order valence-electron chi connectivity index (χ1n) is 6.26. The Morgan fingerprint density at radius 3 is 3.17 bits per heavy atom. The van der Waals surface area contributed by atoms with Gasteiger partial charge in [0, 0.05) is 31.1 Å². The van der Waals surface area contributed by atoms with Crippen molar-refractivity contribution < 1.29 is 0 Å². The SMILES string of the molecule is CN1CCc2c(sc3nc4n(c(=N)c23)CCN4)C1. The fourth-order valence-corrected chi connectivity index (χ4v) is 4.17. The molecule has 0 aliphatic carbocycles. The maximum absolute atomic E-state index is 8.40. The molecule has 0 spiro atoms. The van der Waals surface area contributed by atoms with Gasteiger partial charge in [0.2, 0.25) is 5.95 Å². The van der Waals surface area contributed by atoms with Crippen LogP contribution >= 0.6 is 11.3 Å². The van der Waals surface area contributed by atoms with E-state index in [1.165, 1.54) is 10.4 Å². The Hall–Kier alpha value is -1.40. The van der Waals surface area contributed by atoms with Crippen LogP contribution < -0.4 is 10.8 Å². The Bertz CT molecular complexity index is 699. The molecule has 4 rings (SSSR count). The maximum Gasteiger partial charge on any atom is 0.205 e. The number of likely N-dealkylation sites (N-methyl/N-ethyl adjacent to an activating group) is 1. The summed E-state index contributed by atoms with van der Waals surface area (Å²) in [5, 5.41) is 12.7. The molecule has 2 aromatic rings. The zero-order chi connectivity index (χ0) is 12.3. The largest absolute Gasteiger partial charge is 0.354 e. The second kappa shape index (κ2) is 3.55. The van der Waals surface area contributed by atoms with Gasteiger partial charge in [-0.15, -0.1) is 11.3 Å². The Labute approximate surface area is 109 Å². The van der Waals surface area contributed by atoms with E-state index >= 15 is 0 Å². The highest BCUT2D eigenvalue weighted by atomic mass is 32.1. The van der Waals surface area contributed by atoms with Crippen LogP contribution in [0.4, 0.5) is 5.95 Å². The first kappa shape index (κ1) is 10.5. The number of hydrogen-bond donors (Lipinski definition) is 2. The fourth-order valence-electron chi connectivity index (χ4n) is 2.87. The van der Waals surface area contributed by atoms with Gasteiger partial charge in [-0.25, -0.2) is 4.98 Å². The van der Waals surface area contributed by atoms with E-state index < -0.39 is 0 Å². The molecular weight excluding hydrogens is 246 g/mol. The molecule has 2 N–H and O–H groups in total. The summed E-state index contributed by atoms with van der Waals surface area (Å²) < 4.78 is 1.99. The van der Waals surface area contributed by atoms with Gasteiger partial charge < -0.3 is 10.2 Å². The van der Waals surface area contributed by atoms with Crippen LogP contribution in [0.1, 0.15) is 10.4 Å². The lowest BCUT2D eigenvalue weighted by atomic mass is 10.1. The Morgan fingerprint density at radius 1 is 1.39 bits per heavy atom. The molecule has 5 nitrogen and oxygen atoms in total. The lowest BCUT2D eigenvalue weighted by molar-refractivity contribution is 0.318. The highest BCUT2D eigenvalue weighted by Crippen LogP contribution is 2.32. The second-order valence-corrected chi connectivity index (χ2v) is 6.12. The summed E-state index contributed by atoms with van der Waals surface area (Å²) in [5.74, 6) is 0.861. The second-order valence-electron chi connectivity index (χ2n) is 5.03. The van der Waals surface area contributed by atoms with Gasteiger partial charge in [-0.3, -0.25) is 9.98 Å². The molecule has 2 aliphatic rings. The molecule has 4 heterocycles. The van der Waals surface area contributed by atoms with E-state index in [2.05, 4.69) is 22.2 Å². The van der Waals surface area contributed by atoms with E-state index in [1.807, 2.05) is 4.57 Å². The summed E-state index contributed by atoms with van der Waals surface area (Å²) >= 11 is 1.76. The third kappa shape index (κ3) is 1.30. The molecule has 0 unspecified atom stereocenters. The summed E-state index contributed by atoms with van der Waals surface area (Å²) in [6.45, 7) is 3.83. The monoisotopic (exact) mass is 261 g/mol. The first-order chi connectivity index (χ1) is 8.74. The number of fused-ring (bicyclic) bond motifs is 4. The van der Waals surface area contributed by atoms with E-state index in [0.29, 0.717) is 5.49 Å². The van der Waals surface area contributed by atoms with E-state index in [1.54, 1.807) is 11.3 Å². The van der Waals surface area contributed by atoms with Crippen LogP contribution in [0.15, 0.2) is 0 Å². The third-order valence-electron chi connectivity index (χ3n) is 3.82. The van der Waals surface area contributed by atoms with Crippen LogP contribution in [0.2, 0.25) is 0 Å². The summed E-state index contributed by atoms with van der Waals surface area (Å²) in [5.41, 5.74) is 2.01. The van der Waals surface area contributed by atoms with Crippen molar-refractivity contribution in [2.45, 2.75) is 19.5 Å². The number of anilines is 1. The molecular formula is C12H15N5S. The summed E-state index contributed by atoms with van der Waals surface area (Å²) in [7, 11) is 2.15. The number of hydrogen-bond acceptors (Lipinski definition) is 5. The van der Waals surface area contributed by atoms with Crippen LogP contribution in [-0.4, -0.2) is 34.6 Å². The minimum atomic E-state index is 0.641. The van der Waals surface area contributed by atoms with Crippen LogP contribution in [0.25, 0.3) is 10.2 Å². The van der Waals surface area contributed by atoms with E-state index in [-0.39, 0.29) is 0 Å². The Kier molecular flexibility index (Phi) is 2.07. The van der Waals surface area contributed by atoms with Gasteiger partial charge in [0.05, 0.1) is 5.39 Å². The van der Waals surface area contributed by atoms with Crippen molar-refractivity contribution >= 4 is 27.5 Å². The highest BCUT2D eigenvalue weighted by molar-refractivity contribution is 7.18. The van der Waals surface area contributed by atoms with Crippen LogP contribution in [0, 0.1) is 5.41 Å². The van der Waals surface area contributed by atoms with Crippen molar-refractivity contribution in [2.75, 3.05) is 25.5 Å². The average Bonchev–Trinajstić information content (AvgIpc) is 2.92. The quantitative estimate of drug-likeness (QED) is 0.743. The zero-order valence-electron chi connectivity index (χ0n) is 10.3. The molecule has 94 valence electrons. The van der Waals surface area contributed by atoms with Gasteiger partial charge in [-0.2, -0.15) is 0 Å². The molecule has 18 heavy (non-hydrogen) atoms. The third-order valence-corrected chi connectivity index (χ3v) is 4.93. The number of aromatic nitrogens is 2. The summed E-state index contributed by atoms with van der Waals surface area (Å²) in [4.78, 5) is 9.43. The average molecular weight is 261 g/mol. The summed E-state index contributed by atoms with van der Waals surface area (Å²) in [6, 6.07) is 0. The van der Waals surface area contributed by atoms with E-state index in [4.69, 9.17) is 5.41 Å². The standard InChI is InChI=1S/C12H15N5S/c1-16-4-2-7-8(6-16)18-11-9(7)10(13)17-5-3-14-12(17)15-11/h13H,2-6H2,1H3,(H,14,15). The van der Waals surface area contributed by atoms with Crippen LogP contribution in [-0.2, 0) is 19.5 Å². The molecule has 0 radical (unpaired) electrons. The van der Waals surface area contributed by atoms with Crippen molar-refractivity contribution in [1.82, 2.24) is 14.5 Å². The molecule has 0 saturated carbocycles. The predicted molar refractivity (Wildman–Crippen MR) is 72.0 cm³/mol. The Morgan fingerprint density at radius 2 is 2.28 bits per heavy atom. The smallest absolute Gasteiger partial charge is 0.205 e. The molecule has 6 heteroatoms. The van der Waals surface area contributed by atoms with Gasteiger partial charge in [0.1, 0.15) is 10.3 Å². The molecule has 0 amide bonds. The molecule has 0 aromatic carbocycles. The van der Waals surface area contributed by atoms with E-state index in [9.17, 15) is 0 Å². The van der Waals surface area contributed by atoms with Crippen molar-refractivity contribution in [1.29, 1.82) is 5.41 Å². The molecule has 0 atom stereocenters. The molecule has 2 aromatic heterocycles. The zero-order valence-corrected chi connectivity index (χ0v) is 11.1. The minimum absolute atomic E-state index is 0.641. The van der Waals surface area contributed by atoms with E-state index in [0.717, 1.165) is 48.8 Å². The minimum Gasteiger partial charge on any atom is -0.354 e. The highest BCUT2D eigenvalue weighted by Gasteiger charge is 2.23. The molecule has 0 fully saturated rings. The number of nitrogens with zero attached hydrogens (tertiary/aromatic N) is 3. The maximum atomic E-state index is 8.40. The van der Waals surface area contributed by atoms with Gasteiger partial charge in [-0.05, 0) is 19.0 Å². The molecule has 0 saturated heterocycles. The first-order valence-corrected chi connectivity index (χ1v) is 7.08. The normalized spacial score (nSPS) is 18.7. The number of nitrogens with one attached hydrogen (secondary N) is 2. The molecule has 0 bridgehead atoms. The van der Waals surface area contributed by atoms with Crippen LogP contribution in [0.5, 0.6) is 0 Å². The lowest BCUT2D eigenvalue weighted by Crippen LogP contribution is -2.26. The fraction of sp³-hybridized carbons (Fsp3) is 0.500. The van der Waals surface area contributed by atoms with Gasteiger partial charge >= 0.3 is 0 Å². The number of thiophene rings is 1. The van der Waals surface area contributed by atoms with Crippen molar-refractivity contribution in [2.24, 2.45) is 0 Å². The summed E-state index contributed by atoms with van der Waals surface area (Å²) in [6.07, 6.45) is 1.05. The number of rotatable bonds is 0. The van der Waals surface area contributed by atoms with Gasteiger partial charge in [0.15, 0.2) is 0 Å². The van der Waals surface area contributed by atoms with Crippen molar-refractivity contribution in [3.8, 4) is 0 Å². The van der Waals surface area contributed by atoms with Gasteiger partial charge in [-0.1, -0.05) is 0 Å². The van der Waals surface area contributed by atoms with Crippen molar-refractivity contribution in [3.63, 3.8) is 0 Å². The van der Waals surface area contributed by atoms with Crippen molar-refractivity contribution in [3.05, 3.63) is 15.9 Å². The van der Waals surface area contributed by atoms with Crippen LogP contribution in [0.3, 0.4) is 0 Å². The molecule has 2 aliphatic heterocycles. The lowest BCUT2D eigenvalue weighted by Gasteiger charge is -2.21.